The summed E-state index contributed by atoms with van der Waals surface area (Å²) in [6, 6.07) is 0. The largest absolute Gasteiger partial charge is 0.462 e. The van der Waals surface area contributed by atoms with Gasteiger partial charge in [0.2, 0.25) is 0 Å². The van der Waals surface area contributed by atoms with Gasteiger partial charge in [-0.1, -0.05) is 278 Å². The maximum absolute atomic E-state index is 12.8. The second-order valence-corrected chi connectivity index (χ2v) is 19.7. The molecule has 0 amide bonds. The molecule has 0 aromatic heterocycles. The van der Waals surface area contributed by atoms with Crippen LogP contribution in [-0.2, 0) is 28.6 Å². The standard InChI is InChI=1S/C56H108O6/c1-5-7-9-11-13-15-17-18-19-20-21-22-25-29-33-37-41-45-49-56(59)62-53(50-60-54(57)47-43-39-35-31-16-14-12-10-8-6-2)51-61-55(58)48-44-40-36-32-28-26-23-24-27-30-34-38-42-46-52(3)4/h52-53H,5-51H2,1-4H3/t53-/m0/s1. The molecule has 0 aromatic rings. The van der Waals surface area contributed by atoms with E-state index >= 15 is 0 Å². The molecule has 0 aliphatic carbocycles. The van der Waals surface area contributed by atoms with E-state index in [1.807, 2.05) is 0 Å². The maximum atomic E-state index is 12.8. The molecule has 0 N–H and O–H groups in total. The highest BCUT2D eigenvalue weighted by molar-refractivity contribution is 5.71. The summed E-state index contributed by atoms with van der Waals surface area (Å²) in [5.74, 6) is -0.000479. The van der Waals surface area contributed by atoms with E-state index in [0.29, 0.717) is 19.3 Å². The van der Waals surface area contributed by atoms with Crippen molar-refractivity contribution in [3.05, 3.63) is 0 Å². The van der Waals surface area contributed by atoms with Crippen LogP contribution in [0.2, 0.25) is 0 Å². The summed E-state index contributed by atoms with van der Waals surface area (Å²) < 4.78 is 16.8. The van der Waals surface area contributed by atoms with Gasteiger partial charge in [-0.25, -0.2) is 0 Å². The van der Waals surface area contributed by atoms with Crippen LogP contribution in [0.3, 0.4) is 0 Å². The molecule has 0 saturated heterocycles. The topological polar surface area (TPSA) is 78.9 Å². The first kappa shape index (κ1) is 60.4. The Labute approximate surface area is 387 Å². The van der Waals surface area contributed by atoms with E-state index < -0.39 is 6.10 Å². The van der Waals surface area contributed by atoms with Crippen LogP contribution in [0.1, 0.15) is 317 Å². The second kappa shape index (κ2) is 50.4. The molecule has 1 atom stereocenters. The van der Waals surface area contributed by atoms with E-state index in [1.165, 1.54) is 212 Å². The molecule has 0 rings (SSSR count). The SMILES string of the molecule is CCCCCCCCCCCCCCCCCCCCC(=O)O[C@@H](COC(=O)CCCCCCCCCCCC)COC(=O)CCCCCCCCCCCCCCCC(C)C. The van der Waals surface area contributed by atoms with Crippen LogP contribution >= 0.6 is 0 Å². The number of hydrogen-bond donors (Lipinski definition) is 0. The van der Waals surface area contributed by atoms with Crippen molar-refractivity contribution in [3.8, 4) is 0 Å². The Balaban J connectivity index is 4.25. The number of hydrogen-bond acceptors (Lipinski definition) is 6. The predicted molar refractivity (Wildman–Crippen MR) is 266 cm³/mol. The number of esters is 3. The van der Waals surface area contributed by atoms with Gasteiger partial charge in [-0.3, -0.25) is 14.4 Å². The summed E-state index contributed by atoms with van der Waals surface area (Å²) in [4.78, 5) is 38.0. The molecule has 6 heteroatoms. The lowest BCUT2D eigenvalue weighted by Gasteiger charge is -2.18. The third-order valence-electron chi connectivity index (χ3n) is 12.8. The molecule has 0 heterocycles. The lowest BCUT2D eigenvalue weighted by Crippen LogP contribution is -2.30. The molecule has 0 aliphatic heterocycles. The molecular weight excluding hydrogens is 769 g/mol. The second-order valence-electron chi connectivity index (χ2n) is 19.7. The normalized spacial score (nSPS) is 12.0. The fraction of sp³-hybridized carbons (Fsp3) is 0.946. The van der Waals surface area contributed by atoms with Crippen LogP contribution in [0.15, 0.2) is 0 Å². The van der Waals surface area contributed by atoms with Crippen LogP contribution in [0.25, 0.3) is 0 Å². The third kappa shape index (κ3) is 49.4. The van der Waals surface area contributed by atoms with Gasteiger partial charge >= 0.3 is 17.9 Å². The quantitative estimate of drug-likeness (QED) is 0.0344. The summed E-state index contributed by atoms with van der Waals surface area (Å²) in [7, 11) is 0. The highest BCUT2D eigenvalue weighted by Gasteiger charge is 2.19. The van der Waals surface area contributed by atoms with Gasteiger partial charge in [0.05, 0.1) is 0 Å². The molecule has 368 valence electrons. The van der Waals surface area contributed by atoms with Crippen LogP contribution in [-0.4, -0.2) is 37.2 Å². The zero-order chi connectivity index (χ0) is 45.2. The smallest absolute Gasteiger partial charge is 0.306 e. The first-order chi connectivity index (χ1) is 30.4. The molecule has 0 bridgehead atoms. The molecule has 0 aliphatic rings. The van der Waals surface area contributed by atoms with Gasteiger partial charge < -0.3 is 14.2 Å². The average molecular weight is 877 g/mol. The van der Waals surface area contributed by atoms with Crippen molar-refractivity contribution in [2.24, 2.45) is 5.92 Å². The van der Waals surface area contributed by atoms with Crippen molar-refractivity contribution in [2.75, 3.05) is 13.2 Å². The summed E-state index contributed by atoms with van der Waals surface area (Å²) in [6.07, 6.45) is 53.8. The van der Waals surface area contributed by atoms with Crippen LogP contribution in [0, 0.1) is 5.92 Å². The van der Waals surface area contributed by atoms with Gasteiger partial charge in [0.25, 0.3) is 0 Å². The minimum atomic E-state index is -0.761. The minimum Gasteiger partial charge on any atom is -0.462 e. The summed E-state index contributed by atoms with van der Waals surface area (Å²) in [6.45, 7) is 9.04. The Morgan fingerprint density at radius 3 is 0.790 bits per heavy atom. The minimum absolute atomic E-state index is 0.0623. The Bertz CT molecular complexity index is 933. The summed E-state index contributed by atoms with van der Waals surface area (Å²) in [5.41, 5.74) is 0. The zero-order valence-corrected chi connectivity index (χ0v) is 42.3. The van der Waals surface area contributed by atoms with Gasteiger partial charge in [0.15, 0.2) is 6.10 Å². The fourth-order valence-corrected chi connectivity index (χ4v) is 8.57. The Kier molecular flexibility index (Phi) is 49.1. The lowest BCUT2D eigenvalue weighted by molar-refractivity contribution is -0.167. The highest BCUT2D eigenvalue weighted by atomic mass is 16.6. The van der Waals surface area contributed by atoms with Gasteiger partial charge in [0, 0.05) is 19.3 Å². The molecule has 0 spiro atoms. The monoisotopic (exact) mass is 877 g/mol. The van der Waals surface area contributed by atoms with Gasteiger partial charge in [-0.15, -0.1) is 0 Å². The van der Waals surface area contributed by atoms with E-state index in [-0.39, 0.29) is 31.1 Å². The van der Waals surface area contributed by atoms with Gasteiger partial charge in [-0.2, -0.15) is 0 Å². The number of ether oxygens (including phenoxy) is 3. The number of carbonyl (C=O) groups is 3. The van der Waals surface area contributed by atoms with Crippen LogP contribution in [0.4, 0.5) is 0 Å². The summed E-state index contributed by atoms with van der Waals surface area (Å²) >= 11 is 0. The molecule has 0 aromatic carbocycles. The Morgan fingerprint density at radius 2 is 0.532 bits per heavy atom. The van der Waals surface area contributed by atoms with Gasteiger partial charge in [0.1, 0.15) is 13.2 Å². The molecule has 0 radical (unpaired) electrons. The van der Waals surface area contributed by atoms with E-state index in [9.17, 15) is 14.4 Å². The first-order valence-corrected chi connectivity index (χ1v) is 27.9. The molecule has 0 unspecified atom stereocenters. The van der Waals surface area contributed by atoms with E-state index in [1.54, 1.807) is 0 Å². The molecular formula is C56H108O6. The van der Waals surface area contributed by atoms with Crippen molar-refractivity contribution >= 4 is 17.9 Å². The molecule has 0 fully saturated rings. The molecule has 0 saturated carbocycles. The van der Waals surface area contributed by atoms with E-state index in [0.717, 1.165) is 63.7 Å². The zero-order valence-electron chi connectivity index (χ0n) is 42.3. The Morgan fingerprint density at radius 1 is 0.306 bits per heavy atom. The van der Waals surface area contributed by atoms with Crippen LogP contribution < -0.4 is 0 Å². The number of carbonyl (C=O) groups excluding carboxylic acids is 3. The molecule has 6 nitrogen and oxygen atoms in total. The fourth-order valence-electron chi connectivity index (χ4n) is 8.57. The maximum Gasteiger partial charge on any atom is 0.306 e. The first-order valence-electron chi connectivity index (χ1n) is 27.9. The number of rotatable bonds is 51. The number of unbranched alkanes of at least 4 members (excludes halogenated alkanes) is 38. The van der Waals surface area contributed by atoms with Gasteiger partial charge in [-0.05, 0) is 25.2 Å². The van der Waals surface area contributed by atoms with Crippen molar-refractivity contribution in [1.82, 2.24) is 0 Å². The van der Waals surface area contributed by atoms with Crippen molar-refractivity contribution in [1.29, 1.82) is 0 Å². The van der Waals surface area contributed by atoms with Crippen LogP contribution in [0.5, 0.6) is 0 Å². The predicted octanol–water partition coefficient (Wildman–Crippen LogP) is 18.2. The van der Waals surface area contributed by atoms with E-state index in [4.69, 9.17) is 14.2 Å². The summed E-state index contributed by atoms with van der Waals surface area (Å²) in [5, 5.41) is 0. The highest BCUT2D eigenvalue weighted by Crippen LogP contribution is 2.18. The lowest BCUT2D eigenvalue weighted by atomic mass is 10.0. The Hall–Kier alpha value is -1.59. The third-order valence-corrected chi connectivity index (χ3v) is 12.8. The van der Waals surface area contributed by atoms with E-state index in [2.05, 4.69) is 27.7 Å². The average Bonchev–Trinajstić information content (AvgIpc) is 3.26. The van der Waals surface area contributed by atoms with Crippen molar-refractivity contribution in [2.45, 2.75) is 323 Å². The van der Waals surface area contributed by atoms with Crippen molar-refractivity contribution < 1.29 is 28.6 Å². The van der Waals surface area contributed by atoms with Crippen molar-refractivity contribution in [3.63, 3.8) is 0 Å². The molecule has 62 heavy (non-hydrogen) atoms.